The molecule has 0 aliphatic heterocycles. The highest BCUT2D eigenvalue weighted by molar-refractivity contribution is 5.56. The third-order valence-electron chi connectivity index (χ3n) is 4.41. The number of phenolic OH excluding ortho intramolecular Hbond substituents is 1. The summed E-state index contributed by atoms with van der Waals surface area (Å²) in [5, 5.41) is 13.6. The number of hydrogen-bond donors (Lipinski definition) is 1. The number of ether oxygens (including phenoxy) is 1. The molecule has 0 spiro atoms. The van der Waals surface area contributed by atoms with Crippen LogP contribution in [-0.4, -0.2) is 15.2 Å². The molecule has 0 saturated carbocycles. The molecule has 1 N–H and O–H groups in total. The number of aromatic hydroxyl groups is 1. The second-order valence-electron chi connectivity index (χ2n) is 6.54. The first-order valence-corrected chi connectivity index (χ1v) is 9.10. The van der Waals surface area contributed by atoms with Crippen molar-refractivity contribution in [3.8, 4) is 22.9 Å². The minimum Gasteiger partial charge on any atom is -0.508 e. The maximum Gasteiger partial charge on any atom is 0.267 e. The van der Waals surface area contributed by atoms with Crippen molar-refractivity contribution in [1.82, 2.24) is 10.1 Å². The molecule has 1 aromatic heterocycles. The van der Waals surface area contributed by atoms with Gasteiger partial charge < -0.3 is 14.4 Å². The fraction of sp³-hybridized carbons (Fsp3) is 0.130. The zero-order chi connectivity index (χ0) is 19.3. The summed E-state index contributed by atoms with van der Waals surface area (Å²) in [6.45, 7) is 1.87. The van der Waals surface area contributed by atoms with Crippen LogP contribution in [0.1, 0.15) is 30.0 Å². The van der Waals surface area contributed by atoms with Gasteiger partial charge in [0, 0.05) is 12.0 Å². The highest BCUT2D eigenvalue weighted by Crippen LogP contribution is 2.28. The Morgan fingerprint density at radius 1 is 0.964 bits per heavy atom. The van der Waals surface area contributed by atoms with Gasteiger partial charge in [0.15, 0.2) is 6.10 Å². The van der Waals surface area contributed by atoms with Gasteiger partial charge in [-0.2, -0.15) is 4.98 Å². The van der Waals surface area contributed by atoms with Crippen LogP contribution in [0.4, 0.5) is 0 Å². The van der Waals surface area contributed by atoms with E-state index in [-0.39, 0.29) is 5.75 Å². The van der Waals surface area contributed by atoms with E-state index in [4.69, 9.17) is 9.26 Å². The summed E-state index contributed by atoms with van der Waals surface area (Å²) < 4.78 is 11.5. The van der Waals surface area contributed by atoms with Crippen molar-refractivity contribution >= 4 is 0 Å². The van der Waals surface area contributed by atoms with Crippen molar-refractivity contribution in [1.29, 1.82) is 0 Å². The Bertz CT molecular complexity index is 1060. The van der Waals surface area contributed by atoms with Gasteiger partial charge in [0.2, 0.25) is 5.82 Å². The summed E-state index contributed by atoms with van der Waals surface area (Å²) in [5.41, 5.74) is 3.00. The summed E-state index contributed by atoms with van der Waals surface area (Å²) in [5.74, 6) is 1.74. The fourth-order valence-corrected chi connectivity index (χ4v) is 2.98. The normalized spacial score (nSPS) is 11.9. The third-order valence-corrected chi connectivity index (χ3v) is 4.41. The first kappa shape index (κ1) is 17.8. The smallest absolute Gasteiger partial charge is 0.267 e. The van der Waals surface area contributed by atoms with Crippen molar-refractivity contribution in [2.45, 2.75) is 19.4 Å². The highest BCUT2D eigenvalue weighted by atomic mass is 16.5. The van der Waals surface area contributed by atoms with E-state index in [0.29, 0.717) is 17.3 Å². The molecule has 3 aromatic carbocycles. The van der Waals surface area contributed by atoms with Gasteiger partial charge in [-0.05, 0) is 36.2 Å². The molecule has 4 aromatic rings. The molecule has 0 aliphatic carbocycles. The number of hydrogen-bond acceptors (Lipinski definition) is 5. The lowest BCUT2D eigenvalue weighted by Crippen LogP contribution is -2.05. The monoisotopic (exact) mass is 372 g/mol. The van der Waals surface area contributed by atoms with E-state index in [2.05, 4.69) is 28.3 Å². The second-order valence-corrected chi connectivity index (χ2v) is 6.54. The van der Waals surface area contributed by atoms with Crippen LogP contribution < -0.4 is 4.74 Å². The average Bonchev–Trinajstić information content (AvgIpc) is 3.21. The molecular weight excluding hydrogens is 352 g/mol. The summed E-state index contributed by atoms with van der Waals surface area (Å²) in [6.07, 6.45) is 0.373. The zero-order valence-electron chi connectivity index (χ0n) is 15.4. The molecule has 28 heavy (non-hydrogen) atoms. The predicted octanol–water partition coefficient (Wildman–Crippen LogP) is 5.17. The fourth-order valence-electron chi connectivity index (χ4n) is 2.98. The molecule has 5 nitrogen and oxygen atoms in total. The Hall–Kier alpha value is -3.60. The number of aromatic nitrogens is 2. The molecule has 0 amide bonds. The van der Waals surface area contributed by atoms with Gasteiger partial charge >= 0.3 is 0 Å². The van der Waals surface area contributed by atoms with Crippen LogP contribution in [0, 0.1) is 0 Å². The van der Waals surface area contributed by atoms with Gasteiger partial charge in [0.25, 0.3) is 5.89 Å². The topological polar surface area (TPSA) is 68.4 Å². The highest BCUT2D eigenvalue weighted by Gasteiger charge is 2.18. The van der Waals surface area contributed by atoms with Gasteiger partial charge in [-0.1, -0.05) is 65.8 Å². The molecule has 0 radical (unpaired) electrons. The number of benzene rings is 3. The molecule has 1 atom stereocenters. The lowest BCUT2D eigenvalue weighted by atomic mass is 10.0. The standard InChI is InChI=1S/C23H20N2O3/c1-16(23-24-22(25-28-23)19-11-7-12-20(26)15-19)27-21-13-6-5-10-18(21)14-17-8-3-2-4-9-17/h2-13,15-16,26H,14H2,1H3. The number of phenols is 1. The van der Waals surface area contributed by atoms with Crippen LogP contribution in [0.25, 0.3) is 11.4 Å². The van der Waals surface area contributed by atoms with Gasteiger partial charge in [0.1, 0.15) is 11.5 Å². The Morgan fingerprint density at radius 2 is 1.75 bits per heavy atom. The van der Waals surface area contributed by atoms with E-state index >= 15 is 0 Å². The zero-order valence-corrected chi connectivity index (χ0v) is 15.4. The molecule has 1 heterocycles. The molecule has 0 fully saturated rings. The Balaban J connectivity index is 1.52. The molecule has 4 rings (SSSR count). The van der Waals surface area contributed by atoms with Crippen LogP contribution in [0.3, 0.4) is 0 Å². The van der Waals surface area contributed by atoms with Crippen LogP contribution in [0.15, 0.2) is 83.4 Å². The van der Waals surface area contributed by atoms with Gasteiger partial charge in [-0.15, -0.1) is 0 Å². The summed E-state index contributed by atoms with van der Waals surface area (Å²) in [6, 6.07) is 25.0. The maximum atomic E-state index is 9.63. The molecule has 0 saturated heterocycles. The van der Waals surface area contributed by atoms with Crippen LogP contribution >= 0.6 is 0 Å². The first-order chi connectivity index (χ1) is 13.7. The van der Waals surface area contributed by atoms with Crippen molar-refractivity contribution < 1.29 is 14.4 Å². The van der Waals surface area contributed by atoms with E-state index in [1.54, 1.807) is 18.2 Å². The minimum absolute atomic E-state index is 0.156. The Labute approximate surface area is 163 Å². The SMILES string of the molecule is CC(Oc1ccccc1Cc1ccccc1)c1nc(-c2cccc(O)c2)no1. The second kappa shape index (κ2) is 7.96. The van der Waals surface area contributed by atoms with E-state index < -0.39 is 6.10 Å². The van der Waals surface area contributed by atoms with E-state index in [9.17, 15) is 5.11 Å². The third kappa shape index (κ3) is 4.04. The van der Waals surface area contributed by atoms with Crippen molar-refractivity contribution in [2.24, 2.45) is 0 Å². The minimum atomic E-state index is -0.407. The molecule has 5 heteroatoms. The molecule has 0 aliphatic rings. The van der Waals surface area contributed by atoms with Crippen molar-refractivity contribution in [3.05, 3.63) is 95.9 Å². The lowest BCUT2D eigenvalue weighted by Gasteiger charge is -2.14. The summed E-state index contributed by atoms with van der Waals surface area (Å²) in [4.78, 5) is 4.42. The van der Waals surface area contributed by atoms with Crippen LogP contribution in [0.5, 0.6) is 11.5 Å². The van der Waals surface area contributed by atoms with E-state index in [0.717, 1.165) is 17.7 Å². The Morgan fingerprint density at radius 3 is 2.57 bits per heavy atom. The van der Waals surface area contributed by atoms with Crippen molar-refractivity contribution in [3.63, 3.8) is 0 Å². The Kier molecular flexibility index (Phi) is 5.06. The van der Waals surface area contributed by atoms with Gasteiger partial charge in [0.05, 0.1) is 0 Å². The maximum absolute atomic E-state index is 9.63. The quantitative estimate of drug-likeness (QED) is 0.505. The number of rotatable bonds is 6. The molecular formula is C23H20N2O3. The number of para-hydroxylation sites is 1. The van der Waals surface area contributed by atoms with Crippen molar-refractivity contribution in [2.75, 3.05) is 0 Å². The van der Waals surface area contributed by atoms with E-state index in [1.165, 1.54) is 5.56 Å². The molecule has 140 valence electrons. The summed E-state index contributed by atoms with van der Waals surface area (Å²) in [7, 11) is 0. The van der Waals surface area contributed by atoms with Gasteiger partial charge in [-0.3, -0.25) is 0 Å². The van der Waals surface area contributed by atoms with Crippen LogP contribution in [-0.2, 0) is 6.42 Å². The summed E-state index contributed by atoms with van der Waals surface area (Å²) >= 11 is 0. The molecule has 1 unspecified atom stereocenters. The molecule has 0 bridgehead atoms. The lowest BCUT2D eigenvalue weighted by molar-refractivity contribution is 0.174. The average molecular weight is 372 g/mol. The number of nitrogens with zero attached hydrogens (tertiary/aromatic N) is 2. The van der Waals surface area contributed by atoms with Crippen LogP contribution in [0.2, 0.25) is 0 Å². The van der Waals surface area contributed by atoms with E-state index in [1.807, 2.05) is 49.4 Å². The van der Waals surface area contributed by atoms with Gasteiger partial charge in [-0.25, -0.2) is 0 Å². The first-order valence-electron chi connectivity index (χ1n) is 9.10. The predicted molar refractivity (Wildman–Crippen MR) is 106 cm³/mol. The largest absolute Gasteiger partial charge is 0.508 e.